The van der Waals surface area contributed by atoms with Gasteiger partial charge in [-0.15, -0.1) is 0 Å². The van der Waals surface area contributed by atoms with Gasteiger partial charge in [-0.2, -0.15) is 0 Å². The molecule has 2 aromatic rings. The van der Waals surface area contributed by atoms with E-state index in [1.165, 1.54) is 0 Å². The van der Waals surface area contributed by atoms with Crippen LogP contribution in [0.4, 0.5) is 5.69 Å². The van der Waals surface area contributed by atoms with Crippen molar-refractivity contribution in [1.82, 2.24) is 15.2 Å². The summed E-state index contributed by atoms with van der Waals surface area (Å²) in [5.74, 6) is -0.112. The molecule has 2 heterocycles. The SMILES string of the molecule is COC1CN(C(C)C)CC1NC(=O)c1cccc(-c2ncccc2N)c1. The van der Waals surface area contributed by atoms with Crippen molar-refractivity contribution in [3.8, 4) is 11.3 Å². The highest BCUT2D eigenvalue weighted by atomic mass is 16.5. The first kappa shape index (κ1) is 18.4. The highest BCUT2D eigenvalue weighted by Gasteiger charge is 2.35. The van der Waals surface area contributed by atoms with Crippen LogP contribution < -0.4 is 11.1 Å². The fourth-order valence-corrected chi connectivity index (χ4v) is 3.32. The molecule has 0 spiro atoms. The molecule has 1 fully saturated rings. The van der Waals surface area contributed by atoms with Crippen LogP contribution >= 0.6 is 0 Å². The summed E-state index contributed by atoms with van der Waals surface area (Å²) < 4.78 is 5.57. The summed E-state index contributed by atoms with van der Waals surface area (Å²) in [6, 6.07) is 11.4. The minimum atomic E-state index is -0.112. The second-order valence-corrected chi connectivity index (χ2v) is 6.92. The molecule has 26 heavy (non-hydrogen) atoms. The molecule has 0 radical (unpaired) electrons. The van der Waals surface area contributed by atoms with Crippen molar-refractivity contribution in [2.24, 2.45) is 0 Å². The Hall–Kier alpha value is -2.44. The lowest BCUT2D eigenvalue weighted by atomic mass is 10.1. The van der Waals surface area contributed by atoms with Gasteiger partial charge in [0.25, 0.3) is 5.91 Å². The quantitative estimate of drug-likeness (QED) is 0.860. The zero-order valence-corrected chi connectivity index (χ0v) is 15.5. The first-order chi connectivity index (χ1) is 12.5. The predicted octanol–water partition coefficient (Wildman–Crippen LogP) is 2.17. The number of hydrogen-bond acceptors (Lipinski definition) is 5. The van der Waals surface area contributed by atoms with Crippen LogP contribution in [0.1, 0.15) is 24.2 Å². The number of carbonyl (C=O) groups is 1. The first-order valence-electron chi connectivity index (χ1n) is 8.88. The van der Waals surface area contributed by atoms with Crippen molar-refractivity contribution in [2.75, 3.05) is 25.9 Å². The van der Waals surface area contributed by atoms with Gasteiger partial charge in [-0.3, -0.25) is 14.7 Å². The molecule has 3 N–H and O–H groups in total. The minimum Gasteiger partial charge on any atom is -0.397 e. The maximum atomic E-state index is 12.8. The van der Waals surface area contributed by atoms with Gasteiger partial charge in [0.1, 0.15) is 0 Å². The number of carbonyl (C=O) groups excluding carboxylic acids is 1. The molecule has 1 aliphatic rings. The number of nitrogen functional groups attached to an aromatic ring is 1. The number of hydrogen-bond donors (Lipinski definition) is 2. The monoisotopic (exact) mass is 354 g/mol. The number of nitrogens with one attached hydrogen (secondary N) is 1. The number of amides is 1. The zero-order chi connectivity index (χ0) is 18.7. The Morgan fingerprint density at radius 2 is 2.12 bits per heavy atom. The number of methoxy groups -OCH3 is 1. The van der Waals surface area contributed by atoms with Gasteiger partial charge in [0, 0.05) is 43.6 Å². The summed E-state index contributed by atoms with van der Waals surface area (Å²) >= 11 is 0. The van der Waals surface area contributed by atoms with E-state index in [2.05, 4.69) is 29.0 Å². The number of nitrogens with two attached hydrogens (primary N) is 1. The lowest BCUT2D eigenvalue weighted by Crippen LogP contribution is -2.43. The Morgan fingerprint density at radius 1 is 1.31 bits per heavy atom. The highest BCUT2D eigenvalue weighted by molar-refractivity contribution is 5.96. The minimum absolute atomic E-state index is 0.00373. The molecule has 0 aliphatic carbocycles. The molecule has 1 aromatic heterocycles. The van der Waals surface area contributed by atoms with E-state index in [1.54, 1.807) is 31.5 Å². The van der Waals surface area contributed by atoms with E-state index in [9.17, 15) is 4.79 Å². The summed E-state index contributed by atoms with van der Waals surface area (Å²) in [6.45, 7) is 5.91. The molecule has 2 atom stereocenters. The summed E-state index contributed by atoms with van der Waals surface area (Å²) in [5.41, 5.74) is 8.70. The third kappa shape index (κ3) is 3.86. The van der Waals surface area contributed by atoms with Gasteiger partial charge in [0.05, 0.1) is 23.5 Å². The number of likely N-dealkylation sites (tertiary alicyclic amines) is 1. The Bertz CT molecular complexity index is 778. The molecule has 0 saturated carbocycles. The molecular formula is C20H26N4O2. The van der Waals surface area contributed by atoms with E-state index < -0.39 is 0 Å². The maximum Gasteiger partial charge on any atom is 0.251 e. The average molecular weight is 354 g/mol. The van der Waals surface area contributed by atoms with Crippen LogP contribution in [0.5, 0.6) is 0 Å². The van der Waals surface area contributed by atoms with Crippen LogP contribution in [-0.2, 0) is 4.74 Å². The number of aromatic nitrogens is 1. The van der Waals surface area contributed by atoms with Gasteiger partial charge >= 0.3 is 0 Å². The molecule has 6 heteroatoms. The van der Waals surface area contributed by atoms with Crippen molar-refractivity contribution < 1.29 is 9.53 Å². The van der Waals surface area contributed by atoms with Gasteiger partial charge in [0.2, 0.25) is 0 Å². The Morgan fingerprint density at radius 3 is 2.81 bits per heavy atom. The van der Waals surface area contributed by atoms with Crippen LogP contribution in [0, 0.1) is 0 Å². The standard InChI is InChI=1S/C20H26N4O2/c1-13(2)24-11-17(18(12-24)26-3)23-20(25)15-7-4-6-14(10-15)19-16(21)8-5-9-22-19/h4-10,13,17-18H,11-12,21H2,1-3H3,(H,23,25). The van der Waals surface area contributed by atoms with E-state index >= 15 is 0 Å². The van der Waals surface area contributed by atoms with Crippen molar-refractivity contribution >= 4 is 11.6 Å². The second-order valence-electron chi connectivity index (χ2n) is 6.92. The first-order valence-corrected chi connectivity index (χ1v) is 8.88. The Kier molecular flexibility index (Phi) is 5.54. The molecule has 1 amide bonds. The van der Waals surface area contributed by atoms with Gasteiger partial charge in [-0.1, -0.05) is 12.1 Å². The van der Waals surface area contributed by atoms with Crippen LogP contribution in [0.25, 0.3) is 11.3 Å². The molecule has 1 aromatic carbocycles. The third-order valence-electron chi connectivity index (χ3n) is 4.88. The third-order valence-corrected chi connectivity index (χ3v) is 4.88. The second kappa shape index (κ2) is 7.85. The predicted molar refractivity (Wildman–Crippen MR) is 103 cm³/mol. The summed E-state index contributed by atoms with van der Waals surface area (Å²) in [5, 5.41) is 3.12. The number of nitrogens with zero attached hydrogens (tertiary/aromatic N) is 2. The number of anilines is 1. The van der Waals surface area contributed by atoms with Crippen molar-refractivity contribution in [2.45, 2.75) is 32.0 Å². The van der Waals surface area contributed by atoms with Crippen LogP contribution in [0.15, 0.2) is 42.6 Å². The van der Waals surface area contributed by atoms with E-state index in [0.717, 1.165) is 18.7 Å². The van der Waals surface area contributed by atoms with E-state index in [0.29, 0.717) is 23.0 Å². The molecule has 138 valence electrons. The van der Waals surface area contributed by atoms with Gasteiger partial charge < -0.3 is 15.8 Å². The average Bonchev–Trinajstić information content (AvgIpc) is 3.05. The fraction of sp³-hybridized carbons (Fsp3) is 0.400. The molecule has 2 unspecified atom stereocenters. The van der Waals surface area contributed by atoms with Crippen LogP contribution in [0.2, 0.25) is 0 Å². The topological polar surface area (TPSA) is 80.5 Å². The molecule has 1 saturated heterocycles. The number of rotatable bonds is 5. The molecule has 1 aliphatic heterocycles. The maximum absolute atomic E-state index is 12.8. The number of pyridine rings is 1. The summed E-state index contributed by atoms with van der Waals surface area (Å²) in [4.78, 5) is 19.4. The van der Waals surface area contributed by atoms with Crippen LogP contribution in [-0.4, -0.2) is 54.2 Å². The van der Waals surface area contributed by atoms with Gasteiger partial charge in [0.15, 0.2) is 0 Å². The van der Waals surface area contributed by atoms with Crippen molar-refractivity contribution in [1.29, 1.82) is 0 Å². The largest absolute Gasteiger partial charge is 0.397 e. The smallest absolute Gasteiger partial charge is 0.251 e. The fourth-order valence-electron chi connectivity index (χ4n) is 3.32. The molecule has 6 nitrogen and oxygen atoms in total. The highest BCUT2D eigenvalue weighted by Crippen LogP contribution is 2.24. The molecule has 0 bridgehead atoms. The van der Waals surface area contributed by atoms with Crippen molar-refractivity contribution in [3.05, 3.63) is 48.2 Å². The lowest BCUT2D eigenvalue weighted by molar-refractivity contribution is 0.0753. The normalized spacial score (nSPS) is 20.5. The zero-order valence-electron chi connectivity index (χ0n) is 15.5. The van der Waals surface area contributed by atoms with Gasteiger partial charge in [-0.25, -0.2) is 0 Å². The van der Waals surface area contributed by atoms with Gasteiger partial charge in [-0.05, 0) is 38.1 Å². The summed E-state index contributed by atoms with van der Waals surface area (Å²) in [6.07, 6.45) is 1.69. The summed E-state index contributed by atoms with van der Waals surface area (Å²) in [7, 11) is 1.69. The molecular weight excluding hydrogens is 328 g/mol. The van der Waals surface area contributed by atoms with E-state index in [4.69, 9.17) is 10.5 Å². The number of ether oxygens (including phenoxy) is 1. The Balaban J connectivity index is 1.76. The lowest BCUT2D eigenvalue weighted by Gasteiger charge is -2.20. The van der Waals surface area contributed by atoms with E-state index in [-0.39, 0.29) is 18.1 Å². The Labute approximate surface area is 154 Å². The molecule has 3 rings (SSSR count). The van der Waals surface area contributed by atoms with Crippen LogP contribution in [0.3, 0.4) is 0 Å². The number of benzene rings is 1. The van der Waals surface area contributed by atoms with Crippen molar-refractivity contribution in [3.63, 3.8) is 0 Å². The van der Waals surface area contributed by atoms with E-state index in [1.807, 2.05) is 18.2 Å².